The van der Waals surface area contributed by atoms with Crippen molar-refractivity contribution >= 4 is 11.6 Å². The molecule has 1 aromatic heterocycles. The molecule has 0 saturated carbocycles. The fourth-order valence-corrected chi connectivity index (χ4v) is 2.08. The Balaban J connectivity index is 2.32. The molecule has 2 heterocycles. The van der Waals surface area contributed by atoms with Crippen molar-refractivity contribution in [1.82, 2.24) is 9.97 Å². The van der Waals surface area contributed by atoms with Gasteiger partial charge in [0, 0.05) is 20.1 Å². The fourth-order valence-electron chi connectivity index (χ4n) is 2.08. The zero-order valence-corrected chi connectivity index (χ0v) is 10.0. The topological polar surface area (TPSA) is 50.3 Å². The summed E-state index contributed by atoms with van der Waals surface area (Å²) in [6, 6.07) is 0. The molecule has 1 fully saturated rings. The van der Waals surface area contributed by atoms with Crippen LogP contribution in [0.25, 0.3) is 0 Å². The van der Waals surface area contributed by atoms with Crippen LogP contribution in [0.1, 0.15) is 13.3 Å². The third kappa shape index (κ3) is 1.89. The summed E-state index contributed by atoms with van der Waals surface area (Å²) in [7, 11) is 3.49. The number of ether oxygens (including phenoxy) is 1. The van der Waals surface area contributed by atoms with E-state index in [1.165, 1.54) is 6.42 Å². The molecule has 0 spiro atoms. The Morgan fingerprint density at radius 2 is 2.31 bits per heavy atom. The van der Waals surface area contributed by atoms with Crippen LogP contribution in [0, 0.1) is 5.92 Å². The summed E-state index contributed by atoms with van der Waals surface area (Å²) in [5.74, 6) is 3.09. The molecule has 1 saturated heterocycles. The molecule has 1 N–H and O–H groups in total. The Morgan fingerprint density at radius 3 is 2.88 bits per heavy atom. The van der Waals surface area contributed by atoms with Crippen LogP contribution < -0.4 is 15.0 Å². The number of anilines is 2. The van der Waals surface area contributed by atoms with Crippen molar-refractivity contribution in [3.63, 3.8) is 0 Å². The van der Waals surface area contributed by atoms with Gasteiger partial charge in [-0.1, -0.05) is 6.92 Å². The van der Waals surface area contributed by atoms with E-state index in [4.69, 9.17) is 4.74 Å². The molecule has 0 aromatic carbocycles. The quantitative estimate of drug-likeness (QED) is 0.837. The predicted octanol–water partition coefficient (Wildman–Crippen LogP) is 1.37. The molecular formula is C11H18N4O. The monoisotopic (exact) mass is 222 g/mol. The predicted molar refractivity (Wildman–Crippen MR) is 64.1 cm³/mol. The summed E-state index contributed by atoms with van der Waals surface area (Å²) in [6.07, 6.45) is 2.79. The van der Waals surface area contributed by atoms with Gasteiger partial charge in [0.05, 0.1) is 7.11 Å². The third-order valence-corrected chi connectivity index (χ3v) is 2.95. The minimum absolute atomic E-state index is 0.720. The smallest absolute Gasteiger partial charge is 0.204 e. The molecule has 1 aliphatic heterocycles. The average Bonchev–Trinajstić information content (AvgIpc) is 2.74. The summed E-state index contributed by atoms with van der Waals surface area (Å²) >= 11 is 0. The van der Waals surface area contributed by atoms with Gasteiger partial charge in [-0.25, -0.2) is 9.97 Å². The largest absolute Gasteiger partial charge is 0.490 e. The Bertz CT molecular complexity index is 369. The lowest BCUT2D eigenvalue weighted by Gasteiger charge is -2.20. The van der Waals surface area contributed by atoms with Gasteiger partial charge in [-0.2, -0.15) is 0 Å². The molecule has 0 radical (unpaired) electrons. The third-order valence-electron chi connectivity index (χ3n) is 2.95. The number of methoxy groups -OCH3 is 1. The highest BCUT2D eigenvalue weighted by atomic mass is 16.5. The molecule has 5 heteroatoms. The molecular weight excluding hydrogens is 204 g/mol. The van der Waals surface area contributed by atoms with Crippen molar-refractivity contribution in [3.05, 3.63) is 6.33 Å². The van der Waals surface area contributed by atoms with Gasteiger partial charge in [0.25, 0.3) is 0 Å². The SMILES string of the molecule is CNc1ncnc(N2CCC(C)C2)c1OC. The van der Waals surface area contributed by atoms with E-state index < -0.39 is 0 Å². The van der Waals surface area contributed by atoms with Crippen molar-refractivity contribution in [1.29, 1.82) is 0 Å². The second-order valence-corrected chi connectivity index (χ2v) is 4.17. The van der Waals surface area contributed by atoms with E-state index in [2.05, 4.69) is 27.1 Å². The number of hydrogen-bond donors (Lipinski definition) is 1. The number of hydrogen-bond acceptors (Lipinski definition) is 5. The van der Waals surface area contributed by atoms with E-state index in [1.54, 1.807) is 13.4 Å². The molecule has 0 aliphatic carbocycles. The maximum atomic E-state index is 5.39. The van der Waals surface area contributed by atoms with Crippen LogP contribution in [0.4, 0.5) is 11.6 Å². The van der Waals surface area contributed by atoms with Crippen LogP contribution in [-0.4, -0.2) is 37.2 Å². The van der Waals surface area contributed by atoms with E-state index in [1.807, 2.05) is 7.05 Å². The summed E-state index contributed by atoms with van der Waals surface area (Å²) in [6.45, 7) is 4.33. The average molecular weight is 222 g/mol. The Kier molecular flexibility index (Phi) is 3.12. The van der Waals surface area contributed by atoms with Crippen molar-refractivity contribution in [2.24, 2.45) is 5.92 Å². The lowest BCUT2D eigenvalue weighted by Crippen LogP contribution is -2.21. The molecule has 0 bridgehead atoms. The van der Waals surface area contributed by atoms with Crippen molar-refractivity contribution in [2.45, 2.75) is 13.3 Å². The lowest BCUT2D eigenvalue weighted by molar-refractivity contribution is 0.413. The summed E-state index contributed by atoms with van der Waals surface area (Å²) in [5.41, 5.74) is 0. The zero-order valence-electron chi connectivity index (χ0n) is 10.0. The second kappa shape index (κ2) is 4.55. The van der Waals surface area contributed by atoms with Crippen molar-refractivity contribution < 1.29 is 4.74 Å². The van der Waals surface area contributed by atoms with Gasteiger partial charge in [-0.05, 0) is 12.3 Å². The Labute approximate surface area is 95.8 Å². The van der Waals surface area contributed by atoms with Crippen molar-refractivity contribution in [2.75, 3.05) is 37.5 Å². The number of rotatable bonds is 3. The minimum atomic E-state index is 0.720. The van der Waals surface area contributed by atoms with E-state index in [0.29, 0.717) is 0 Å². The molecule has 88 valence electrons. The summed E-state index contributed by atoms with van der Waals surface area (Å²) < 4.78 is 5.39. The van der Waals surface area contributed by atoms with Gasteiger partial charge in [0.2, 0.25) is 5.75 Å². The zero-order chi connectivity index (χ0) is 11.5. The first-order chi connectivity index (χ1) is 7.76. The first-order valence-electron chi connectivity index (χ1n) is 5.58. The Morgan fingerprint density at radius 1 is 1.50 bits per heavy atom. The first kappa shape index (κ1) is 11.0. The highest BCUT2D eigenvalue weighted by Gasteiger charge is 2.24. The van der Waals surface area contributed by atoms with Gasteiger partial charge in [0.15, 0.2) is 11.6 Å². The lowest BCUT2D eigenvalue weighted by atomic mass is 10.2. The maximum Gasteiger partial charge on any atom is 0.204 e. The van der Waals surface area contributed by atoms with Gasteiger partial charge in [-0.3, -0.25) is 0 Å². The van der Waals surface area contributed by atoms with Crippen LogP contribution in [0.3, 0.4) is 0 Å². The second-order valence-electron chi connectivity index (χ2n) is 4.17. The van der Waals surface area contributed by atoms with E-state index in [9.17, 15) is 0 Å². The standard InChI is InChI=1S/C11H18N4O/c1-8-4-5-15(6-8)11-9(16-3)10(12-2)13-7-14-11/h7-8H,4-6H2,1-3H3,(H,12,13,14). The van der Waals surface area contributed by atoms with Gasteiger partial charge < -0.3 is 15.0 Å². The van der Waals surface area contributed by atoms with Crippen LogP contribution in [-0.2, 0) is 0 Å². The summed E-state index contributed by atoms with van der Waals surface area (Å²) in [4.78, 5) is 10.7. The van der Waals surface area contributed by atoms with E-state index in [-0.39, 0.29) is 0 Å². The van der Waals surface area contributed by atoms with Crippen LogP contribution >= 0.6 is 0 Å². The minimum Gasteiger partial charge on any atom is -0.490 e. The molecule has 1 aliphatic rings. The molecule has 2 rings (SSSR count). The fraction of sp³-hybridized carbons (Fsp3) is 0.636. The highest BCUT2D eigenvalue weighted by molar-refractivity contribution is 5.64. The van der Waals surface area contributed by atoms with Crippen LogP contribution in [0.5, 0.6) is 5.75 Å². The van der Waals surface area contributed by atoms with Gasteiger partial charge >= 0.3 is 0 Å². The van der Waals surface area contributed by atoms with Crippen LogP contribution in [0.2, 0.25) is 0 Å². The summed E-state index contributed by atoms with van der Waals surface area (Å²) in [5, 5.41) is 3.02. The first-order valence-corrected chi connectivity index (χ1v) is 5.58. The van der Waals surface area contributed by atoms with Gasteiger partial charge in [0.1, 0.15) is 6.33 Å². The molecule has 1 atom stereocenters. The van der Waals surface area contributed by atoms with E-state index in [0.717, 1.165) is 36.4 Å². The normalized spacial score (nSPS) is 19.9. The number of nitrogens with zero attached hydrogens (tertiary/aromatic N) is 3. The van der Waals surface area contributed by atoms with Gasteiger partial charge in [-0.15, -0.1) is 0 Å². The number of aromatic nitrogens is 2. The van der Waals surface area contributed by atoms with Crippen molar-refractivity contribution in [3.8, 4) is 5.75 Å². The highest BCUT2D eigenvalue weighted by Crippen LogP contribution is 2.34. The molecule has 1 unspecified atom stereocenters. The number of nitrogens with one attached hydrogen (secondary N) is 1. The molecule has 16 heavy (non-hydrogen) atoms. The maximum absolute atomic E-state index is 5.39. The molecule has 5 nitrogen and oxygen atoms in total. The molecule has 0 amide bonds. The Hall–Kier alpha value is -1.52. The van der Waals surface area contributed by atoms with Crippen LogP contribution in [0.15, 0.2) is 6.33 Å². The molecule has 1 aromatic rings. The van der Waals surface area contributed by atoms with E-state index >= 15 is 0 Å².